The number of methoxy groups -OCH3 is 2. The maximum absolute atomic E-state index is 11.4. The molecule has 1 aromatic heterocycles. The van der Waals surface area contributed by atoms with Gasteiger partial charge < -0.3 is 9.47 Å². The third-order valence-corrected chi connectivity index (χ3v) is 1.96. The molecule has 0 unspecified atom stereocenters. The number of H-pyrrole nitrogens is 1. The largest absolute Gasteiger partial charge is 0.465 e. The summed E-state index contributed by atoms with van der Waals surface area (Å²) in [4.78, 5) is 22.7. The molecule has 0 radical (unpaired) electrons. The first-order valence-corrected chi connectivity index (χ1v) is 4.39. The van der Waals surface area contributed by atoms with Crippen molar-refractivity contribution < 1.29 is 19.1 Å². The second kappa shape index (κ2) is 4.59. The second-order valence-corrected chi connectivity index (χ2v) is 2.76. The van der Waals surface area contributed by atoms with Crippen LogP contribution in [0.3, 0.4) is 0 Å². The first-order valence-electron chi connectivity index (χ1n) is 4.39. The molecule has 0 amide bonds. The predicted molar refractivity (Wildman–Crippen MR) is 50.6 cm³/mol. The molecule has 0 bridgehead atoms. The van der Waals surface area contributed by atoms with Gasteiger partial charge in [0.2, 0.25) is 0 Å². The number of esters is 2. The van der Waals surface area contributed by atoms with Gasteiger partial charge in [-0.1, -0.05) is 6.92 Å². The molecule has 0 spiro atoms. The van der Waals surface area contributed by atoms with Crippen molar-refractivity contribution >= 4 is 11.9 Å². The molecule has 0 saturated carbocycles. The van der Waals surface area contributed by atoms with Crippen molar-refractivity contribution in [3.8, 4) is 0 Å². The van der Waals surface area contributed by atoms with Crippen molar-refractivity contribution in [1.82, 2.24) is 10.2 Å². The minimum Gasteiger partial charge on any atom is -0.465 e. The Morgan fingerprint density at radius 1 is 1.27 bits per heavy atom. The van der Waals surface area contributed by atoms with Crippen LogP contribution in [0, 0.1) is 0 Å². The van der Waals surface area contributed by atoms with Crippen molar-refractivity contribution in [3.63, 3.8) is 0 Å². The highest BCUT2D eigenvalue weighted by Crippen LogP contribution is 2.14. The third kappa shape index (κ3) is 1.98. The van der Waals surface area contributed by atoms with Crippen LogP contribution in [-0.2, 0) is 15.9 Å². The van der Waals surface area contributed by atoms with Crippen LogP contribution in [0.1, 0.15) is 33.5 Å². The van der Waals surface area contributed by atoms with E-state index in [0.29, 0.717) is 12.1 Å². The molecule has 82 valence electrons. The number of hydrogen-bond donors (Lipinski definition) is 1. The van der Waals surface area contributed by atoms with Gasteiger partial charge in [0, 0.05) is 0 Å². The first-order chi connectivity index (χ1) is 7.15. The molecule has 0 aliphatic rings. The zero-order valence-corrected chi connectivity index (χ0v) is 8.79. The molecule has 0 aromatic carbocycles. The number of nitrogens with zero attached hydrogens (tertiary/aromatic N) is 1. The molecular weight excluding hydrogens is 200 g/mol. The van der Waals surface area contributed by atoms with Gasteiger partial charge in [-0.2, -0.15) is 5.10 Å². The number of rotatable bonds is 3. The molecular formula is C9H12N2O4. The number of aromatic amines is 1. The van der Waals surface area contributed by atoms with Crippen LogP contribution >= 0.6 is 0 Å². The van der Waals surface area contributed by atoms with E-state index in [4.69, 9.17) is 0 Å². The standard InChI is InChI=1S/C9H12N2O4/c1-4-5-6(8(12)14-2)7(11-10-5)9(13)15-3/h4H2,1-3H3,(H,10,11). The van der Waals surface area contributed by atoms with E-state index < -0.39 is 11.9 Å². The molecule has 1 N–H and O–H groups in total. The van der Waals surface area contributed by atoms with Gasteiger partial charge in [-0.25, -0.2) is 9.59 Å². The highest BCUT2D eigenvalue weighted by molar-refractivity contribution is 6.02. The van der Waals surface area contributed by atoms with Gasteiger partial charge in [-0.05, 0) is 6.42 Å². The Morgan fingerprint density at radius 2 is 1.87 bits per heavy atom. The maximum atomic E-state index is 11.4. The Bertz CT molecular complexity index is 383. The molecule has 1 aromatic rings. The molecule has 0 aliphatic heterocycles. The average Bonchev–Trinajstić information content (AvgIpc) is 2.70. The van der Waals surface area contributed by atoms with Gasteiger partial charge in [-0.15, -0.1) is 0 Å². The van der Waals surface area contributed by atoms with E-state index in [0.717, 1.165) is 0 Å². The second-order valence-electron chi connectivity index (χ2n) is 2.76. The topological polar surface area (TPSA) is 81.3 Å². The van der Waals surface area contributed by atoms with E-state index in [2.05, 4.69) is 19.7 Å². The zero-order chi connectivity index (χ0) is 11.4. The van der Waals surface area contributed by atoms with E-state index in [1.807, 2.05) is 6.92 Å². The van der Waals surface area contributed by atoms with Crippen molar-refractivity contribution in [3.05, 3.63) is 17.0 Å². The Labute approximate surface area is 86.6 Å². The number of carbonyl (C=O) groups is 2. The van der Waals surface area contributed by atoms with Crippen molar-refractivity contribution in [2.24, 2.45) is 0 Å². The quantitative estimate of drug-likeness (QED) is 0.740. The van der Waals surface area contributed by atoms with Crippen LogP contribution in [0.25, 0.3) is 0 Å². The monoisotopic (exact) mass is 212 g/mol. The summed E-state index contributed by atoms with van der Waals surface area (Å²) in [6.07, 6.45) is 0.550. The van der Waals surface area contributed by atoms with E-state index in [-0.39, 0.29) is 11.3 Å². The number of hydrogen-bond acceptors (Lipinski definition) is 5. The zero-order valence-electron chi connectivity index (χ0n) is 8.79. The average molecular weight is 212 g/mol. The van der Waals surface area contributed by atoms with Crippen molar-refractivity contribution in [2.45, 2.75) is 13.3 Å². The fourth-order valence-electron chi connectivity index (χ4n) is 1.20. The lowest BCUT2D eigenvalue weighted by Crippen LogP contribution is -2.11. The normalized spacial score (nSPS) is 9.80. The van der Waals surface area contributed by atoms with Gasteiger partial charge in [0.15, 0.2) is 5.69 Å². The number of ether oxygens (including phenoxy) is 2. The molecule has 6 heteroatoms. The van der Waals surface area contributed by atoms with Crippen LogP contribution < -0.4 is 0 Å². The smallest absolute Gasteiger partial charge is 0.359 e. The molecule has 1 rings (SSSR count). The van der Waals surface area contributed by atoms with E-state index in [1.165, 1.54) is 14.2 Å². The number of aryl methyl sites for hydroxylation is 1. The van der Waals surface area contributed by atoms with Crippen LogP contribution in [0.4, 0.5) is 0 Å². The fraction of sp³-hybridized carbons (Fsp3) is 0.444. The summed E-state index contributed by atoms with van der Waals surface area (Å²) in [5.41, 5.74) is 0.662. The lowest BCUT2D eigenvalue weighted by Gasteiger charge is -2.00. The molecule has 1 heterocycles. The Kier molecular flexibility index (Phi) is 3.43. The van der Waals surface area contributed by atoms with Gasteiger partial charge >= 0.3 is 11.9 Å². The Morgan fingerprint density at radius 3 is 2.33 bits per heavy atom. The van der Waals surface area contributed by atoms with Gasteiger partial charge in [0.1, 0.15) is 5.56 Å². The summed E-state index contributed by atoms with van der Waals surface area (Å²) in [5.74, 6) is -1.26. The van der Waals surface area contributed by atoms with E-state index in [9.17, 15) is 9.59 Å². The fourth-order valence-corrected chi connectivity index (χ4v) is 1.20. The van der Waals surface area contributed by atoms with E-state index in [1.54, 1.807) is 0 Å². The van der Waals surface area contributed by atoms with Gasteiger partial charge in [-0.3, -0.25) is 5.10 Å². The molecule has 0 atom stereocenters. The summed E-state index contributed by atoms with van der Waals surface area (Å²) in [5, 5.41) is 6.33. The Hall–Kier alpha value is -1.85. The summed E-state index contributed by atoms with van der Waals surface area (Å²) in [6.45, 7) is 1.83. The molecule has 0 fully saturated rings. The van der Waals surface area contributed by atoms with Crippen LogP contribution in [0.15, 0.2) is 0 Å². The summed E-state index contributed by atoms with van der Waals surface area (Å²) >= 11 is 0. The number of nitrogens with one attached hydrogen (secondary N) is 1. The van der Waals surface area contributed by atoms with Crippen LogP contribution in [0.2, 0.25) is 0 Å². The van der Waals surface area contributed by atoms with Gasteiger partial charge in [0.25, 0.3) is 0 Å². The first kappa shape index (κ1) is 11.2. The van der Waals surface area contributed by atoms with Crippen molar-refractivity contribution in [1.29, 1.82) is 0 Å². The molecule has 6 nitrogen and oxygen atoms in total. The number of aromatic nitrogens is 2. The highest BCUT2D eigenvalue weighted by Gasteiger charge is 2.25. The Balaban J connectivity index is 3.23. The lowest BCUT2D eigenvalue weighted by atomic mass is 10.1. The van der Waals surface area contributed by atoms with Crippen LogP contribution in [-0.4, -0.2) is 36.4 Å². The third-order valence-electron chi connectivity index (χ3n) is 1.96. The molecule has 15 heavy (non-hydrogen) atoms. The highest BCUT2D eigenvalue weighted by atomic mass is 16.5. The summed E-state index contributed by atoms with van der Waals surface area (Å²) < 4.78 is 9.07. The lowest BCUT2D eigenvalue weighted by molar-refractivity contribution is 0.0551. The van der Waals surface area contributed by atoms with E-state index >= 15 is 0 Å². The minimum atomic E-state index is -0.661. The molecule has 0 aliphatic carbocycles. The van der Waals surface area contributed by atoms with Crippen LogP contribution in [0.5, 0.6) is 0 Å². The summed E-state index contributed by atoms with van der Waals surface area (Å²) in [6, 6.07) is 0. The SMILES string of the molecule is CCc1[nH]nc(C(=O)OC)c1C(=O)OC. The molecule has 0 saturated heterocycles. The maximum Gasteiger partial charge on any atom is 0.359 e. The van der Waals surface area contributed by atoms with Crippen molar-refractivity contribution in [2.75, 3.05) is 14.2 Å². The predicted octanol–water partition coefficient (Wildman–Crippen LogP) is 0.545. The number of carbonyl (C=O) groups excluding carboxylic acids is 2. The summed E-state index contributed by atoms with van der Waals surface area (Å²) in [7, 11) is 2.47. The van der Waals surface area contributed by atoms with Gasteiger partial charge in [0.05, 0.1) is 19.9 Å². The minimum absolute atomic E-state index is 0.0406.